The average molecular weight is 314 g/mol. The molecular weight excluding hydrogens is 301 g/mol. The fraction of sp³-hybridized carbons (Fsp3) is 0.214. The second kappa shape index (κ2) is 6.62. The number of rotatable bonds is 5. The molecule has 0 fully saturated rings. The van der Waals surface area contributed by atoms with Gasteiger partial charge in [0.15, 0.2) is 17.5 Å². The standard InChI is InChI=1S/C14H13F3N2OS/c1-8(11-3-2-6-21-11)19-12(20)7-18-10-5-4-9(15)13(16)14(10)17/h2-6,8,18H,7H2,1H3,(H,19,20). The first-order chi connectivity index (χ1) is 9.99. The average Bonchev–Trinajstić information content (AvgIpc) is 2.98. The molecule has 112 valence electrons. The molecule has 1 unspecified atom stereocenters. The van der Waals surface area contributed by atoms with Crippen molar-refractivity contribution < 1.29 is 18.0 Å². The Balaban J connectivity index is 1.91. The van der Waals surface area contributed by atoms with E-state index in [-0.39, 0.29) is 24.2 Å². The molecule has 21 heavy (non-hydrogen) atoms. The number of hydrogen-bond acceptors (Lipinski definition) is 3. The van der Waals surface area contributed by atoms with Crippen LogP contribution in [0.3, 0.4) is 0 Å². The van der Waals surface area contributed by atoms with Crippen LogP contribution in [0.15, 0.2) is 29.6 Å². The molecule has 3 nitrogen and oxygen atoms in total. The molecule has 0 aliphatic rings. The Labute approximate surface area is 123 Å². The molecule has 1 heterocycles. The van der Waals surface area contributed by atoms with Crippen molar-refractivity contribution in [2.45, 2.75) is 13.0 Å². The molecular formula is C14H13F3N2OS. The summed E-state index contributed by atoms with van der Waals surface area (Å²) >= 11 is 1.51. The molecule has 1 aromatic carbocycles. The lowest BCUT2D eigenvalue weighted by Crippen LogP contribution is -2.31. The van der Waals surface area contributed by atoms with E-state index in [1.54, 1.807) is 0 Å². The van der Waals surface area contributed by atoms with E-state index in [4.69, 9.17) is 0 Å². The Morgan fingerprint density at radius 3 is 2.67 bits per heavy atom. The maximum atomic E-state index is 13.4. The Morgan fingerprint density at radius 2 is 2.00 bits per heavy atom. The van der Waals surface area contributed by atoms with Crippen LogP contribution in [0, 0.1) is 17.5 Å². The first kappa shape index (κ1) is 15.4. The van der Waals surface area contributed by atoms with Crippen molar-refractivity contribution in [3.8, 4) is 0 Å². The Morgan fingerprint density at radius 1 is 1.24 bits per heavy atom. The molecule has 0 radical (unpaired) electrons. The van der Waals surface area contributed by atoms with Gasteiger partial charge in [-0.15, -0.1) is 11.3 Å². The highest BCUT2D eigenvalue weighted by atomic mass is 32.1. The van der Waals surface area contributed by atoms with Gasteiger partial charge in [-0.1, -0.05) is 6.07 Å². The van der Waals surface area contributed by atoms with Crippen LogP contribution in [0.25, 0.3) is 0 Å². The summed E-state index contributed by atoms with van der Waals surface area (Å²) in [5.41, 5.74) is -0.257. The molecule has 2 rings (SSSR count). The van der Waals surface area contributed by atoms with Gasteiger partial charge in [0.2, 0.25) is 5.91 Å². The van der Waals surface area contributed by atoms with E-state index < -0.39 is 17.5 Å². The van der Waals surface area contributed by atoms with Gasteiger partial charge in [0.25, 0.3) is 0 Å². The van der Waals surface area contributed by atoms with Gasteiger partial charge in [0.05, 0.1) is 18.3 Å². The predicted octanol–water partition coefficient (Wildman–Crippen LogP) is 3.45. The number of amides is 1. The van der Waals surface area contributed by atoms with E-state index in [1.165, 1.54) is 11.3 Å². The van der Waals surface area contributed by atoms with Crippen LogP contribution in [0.1, 0.15) is 17.8 Å². The molecule has 0 aliphatic heterocycles. The van der Waals surface area contributed by atoms with Crippen LogP contribution in [-0.2, 0) is 4.79 Å². The lowest BCUT2D eigenvalue weighted by atomic mass is 10.2. The van der Waals surface area contributed by atoms with Crippen molar-refractivity contribution in [1.29, 1.82) is 0 Å². The monoisotopic (exact) mass is 314 g/mol. The minimum Gasteiger partial charge on any atom is -0.374 e. The van der Waals surface area contributed by atoms with Crippen LogP contribution >= 0.6 is 11.3 Å². The summed E-state index contributed by atoms with van der Waals surface area (Å²) < 4.78 is 39.2. The molecule has 1 amide bonds. The number of benzene rings is 1. The van der Waals surface area contributed by atoms with Crippen molar-refractivity contribution in [3.05, 3.63) is 52.0 Å². The van der Waals surface area contributed by atoms with Gasteiger partial charge in [-0.25, -0.2) is 13.2 Å². The van der Waals surface area contributed by atoms with Crippen molar-refractivity contribution in [2.24, 2.45) is 0 Å². The number of nitrogens with one attached hydrogen (secondary N) is 2. The molecule has 0 aliphatic carbocycles. The highest BCUT2D eigenvalue weighted by molar-refractivity contribution is 7.10. The van der Waals surface area contributed by atoms with Gasteiger partial charge in [0.1, 0.15) is 0 Å². The van der Waals surface area contributed by atoms with Gasteiger partial charge in [-0.05, 0) is 30.5 Å². The zero-order valence-corrected chi connectivity index (χ0v) is 11.9. The number of halogens is 3. The van der Waals surface area contributed by atoms with Crippen molar-refractivity contribution in [1.82, 2.24) is 5.32 Å². The van der Waals surface area contributed by atoms with E-state index in [1.807, 2.05) is 24.4 Å². The van der Waals surface area contributed by atoms with E-state index in [0.717, 1.165) is 17.0 Å². The van der Waals surface area contributed by atoms with Crippen molar-refractivity contribution in [3.63, 3.8) is 0 Å². The quantitative estimate of drug-likeness (QED) is 0.830. The zero-order valence-electron chi connectivity index (χ0n) is 11.1. The predicted molar refractivity (Wildman–Crippen MR) is 75.7 cm³/mol. The summed E-state index contributed by atoms with van der Waals surface area (Å²) in [5, 5.41) is 7.05. The summed E-state index contributed by atoms with van der Waals surface area (Å²) in [5.74, 6) is -4.55. The minimum atomic E-state index is -1.56. The Kier molecular flexibility index (Phi) is 4.85. The molecule has 0 saturated carbocycles. The Bertz CT molecular complexity index is 631. The lowest BCUT2D eigenvalue weighted by molar-refractivity contribution is -0.120. The largest absolute Gasteiger partial charge is 0.374 e. The molecule has 2 aromatic rings. The molecule has 1 atom stereocenters. The smallest absolute Gasteiger partial charge is 0.239 e. The van der Waals surface area contributed by atoms with E-state index in [9.17, 15) is 18.0 Å². The van der Waals surface area contributed by atoms with Crippen LogP contribution in [0.5, 0.6) is 0 Å². The van der Waals surface area contributed by atoms with E-state index in [2.05, 4.69) is 10.6 Å². The molecule has 2 N–H and O–H groups in total. The van der Waals surface area contributed by atoms with Gasteiger partial charge >= 0.3 is 0 Å². The summed E-state index contributed by atoms with van der Waals surface area (Å²) in [7, 11) is 0. The normalized spacial score (nSPS) is 12.0. The van der Waals surface area contributed by atoms with Crippen LogP contribution in [0.2, 0.25) is 0 Å². The number of thiophene rings is 1. The maximum Gasteiger partial charge on any atom is 0.239 e. The third-order valence-corrected chi connectivity index (χ3v) is 3.88. The number of hydrogen-bond donors (Lipinski definition) is 2. The first-order valence-corrected chi connectivity index (χ1v) is 7.07. The highest BCUT2D eigenvalue weighted by Gasteiger charge is 2.15. The second-order valence-corrected chi connectivity index (χ2v) is 5.36. The van der Waals surface area contributed by atoms with Crippen molar-refractivity contribution in [2.75, 3.05) is 11.9 Å². The van der Waals surface area contributed by atoms with Crippen molar-refractivity contribution >= 4 is 22.9 Å². The third-order valence-electron chi connectivity index (χ3n) is 2.82. The number of anilines is 1. The van der Waals surface area contributed by atoms with Crippen LogP contribution < -0.4 is 10.6 Å². The molecule has 1 aromatic heterocycles. The summed E-state index contributed by atoms with van der Waals surface area (Å²) in [6, 6.07) is 5.43. The van der Waals surface area contributed by atoms with Crippen LogP contribution in [-0.4, -0.2) is 12.5 Å². The van der Waals surface area contributed by atoms with E-state index >= 15 is 0 Å². The number of carbonyl (C=O) groups is 1. The molecule has 0 spiro atoms. The Hall–Kier alpha value is -2.02. The SMILES string of the molecule is CC(NC(=O)CNc1ccc(F)c(F)c1F)c1cccs1. The van der Waals surface area contributed by atoms with Gasteiger partial charge in [0, 0.05) is 4.88 Å². The van der Waals surface area contributed by atoms with E-state index in [0.29, 0.717) is 0 Å². The molecule has 0 bridgehead atoms. The maximum absolute atomic E-state index is 13.4. The number of carbonyl (C=O) groups excluding carboxylic acids is 1. The lowest BCUT2D eigenvalue weighted by Gasteiger charge is -2.13. The minimum absolute atomic E-state index is 0.172. The van der Waals surface area contributed by atoms with Gasteiger partial charge in [-0.3, -0.25) is 4.79 Å². The topological polar surface area (TPSA) is 41.1 Å². The summed E-state index contributed by atoms with van der Waals surface area (Å²) in [6.07, 6.45) is 0. The summed E-state index contributed by atoms with van der Waals surface area (Å²) in [6.45, 7) is 1.58. The first-order valence-electron chi connectivity index (χ1n) is 6.19. The van der Waals surface area contributed by atoms with Gasteiger partial charge < -0.3 is 10.6 Å². The fourth-order valence-electron chi connectivity index (χ4n) is 1.74. The third kappa shape index (κ3) is 3.75. The highest BCUT2D eigenvalue weighted by Crippen LogP contribution is 2.20. The second-order valence-electron chi connectivity index (χ2n) is 4.38. The van der Waals surface area contributed by atoms with Crippen LogP contribution in [0.4, 0.5) is 18.9 Å². The zero-order chi connectivity index (χ0) is 15.4. The molecule has 7 heteroatoms. The molecule has 0 saturated heterocycles. The summed E-state index contributed by atoms with van der Waals surface area (Å²) in [4.78, 5) is 12.7. The fourth-order valence-corrected chi connectivity index (χ4v) is 2.47. The van der Waals surface area contributed by atoms with Gasteiger partial charge in [-0.2, -0.15) is 0 Å².